The number of para-hydroxylation sites is 1. The van der Waals surface area contributed by atoms with Crippen molar-refractivity contribution in [2.45, 2.75) is 30.9 Å². The van der Waals surface area contributed by atoms with Gasteiger partial charge in [0.15, 0.2) is 0 Å². The summed E-state index contributed by atoms with van der Waals surface area (Å²) in [5.74, 6) is 0.805. The molecule has 1 amide bonds. The molecular formula is C19H23NO2S. The lowest BCUT2D eigenvalue weighted by molar-refractivity contribution is 0.0944. The zero-order valence-corrected chi connectivity index (χ0v) is 14.7. The Kier molecular flexibility index (Phi) is 6.53. The molecule has 0 spiro atoms. The Hall–Kier alpha value is -1.94. The van der Waals surface area contributed by atoms with Crippen LogP contribution >= 0.6 is 11.8 Å². The first kappa shape index (κ1) is 17.4. The van der Waals surface area contributed by atoms with E-state index in [9.17, 15) is 4.79 Å². The van der Waals surface area contributed by atoms with E-state index in [-0.39, 0.29) is 5.91 Å². The van der Waals surface area contributed by atoms with Crippen LogP contribution in [0.25, 0.3) is 0 Å². The van der Waals surface area contributed by atoms with E-state index in [0.29, 0.717) is 18.4 Å². The SMILES string of the molecule is Cc1ccccc1OCCNC(=O)c1ccccc1SC(C)C. The van der Waals surface area contributed by atoms with Gasteiger partial charge >= 0.3 is 0 Å². The molecule has 0 saturated heterocycles. The van der Waals surface area contributed by atoms with Crippen molar-refractivity contribution >= 4 is 17.7 Å². The summed E-state index contributed by atoms with van der Waals surface area (Å²) in [6.07, 6.45) is 0. The summed E-state index contributed by atoms with van der Waals surface area (Å²) in [4.78, 5) is 13.4. The van der Waals surface area contributed by atoms with Crippen molar-refractivity contribution in [3.63, 3.8) is 0 Å². The quantitative estimate of drug-likeness (QED) is 0.608. The van der Waals surface area contributed by atoms with Gasteiger partial charge in [0, 0.05) is 10.1 Å². The Morgan fingerprint density at radius 3 is 2.57 bits per heavy atom. The predicted molar refractivity (Wildman–Crippen MR) is 96.4 cm³/mol. The normalized spacial score (nSPS) is 10.6. The second kappa shape index (κ2) is 8.63. The molecule has 2 aromatic rings. The smallest absolute Gasteiger partial charge is 0.252 e. The van der Waals surface area contributed by atoms with Gasteiger partial charge in [-0.2, -0.15) is 0 Å². The highest BCUT2D eigenvalue weighted by Crippen LogP contribution is 2.26. The van der Waals surface area contributed by atoms with Crippen LogP contribution < -0.4 is 10.1 Å². The average molecular weight is 329 g/mol. The van der Waals surface area contributed by atoms with Crippen molar-refractivity contribution in [1.29, 1.82) is 0 Å². The van der Waals surface area contributed by atoms with E-state index in [1.54, 1.807) is 11.8 Å². The van der Waals surface area contributed by atoms with Crippen molar-refractivity contribution < 1.29 is 9.53 Å². The Bertz CT molecular complexity index is 655. The van der Waals surface area contributed by atoms with Crippen LogP contribution in [0.4, 0.5) is 0 Å². The van der Waals surface area contributed by atoms with Gasteiger partial charge < -0.3 is 10.1 Å². The summed E-state index contributed by atoms with van der Waals surface area (Å²) >= 11 is 1.70. The van der Waals surface area contributed by atoms with Crippen LogP contribution in [0, 0.1) is 6.92 Å². The van der Waals surface area contributed by atoms with Crippen LogP contribution in [0.15, 0.2) is 53.4 Å². The van der Waals surface area contributed by atoms with Crippen molar-refractivity contribution in [3.05, 3.63) is 59.7 Å². The van der Waals surface area contributed by atoms with Gasteiger partial charge in [0.05, 0.1) is 12.1 Å². The molecule has 1 N–H and O–H groups in total. The van der Waals surface area contributed by atoms with Crippen LogP contribution in [0.2, 0.25) is 0 Å². The molecule has 0 aliphatic carbocycles. The standard InChI is InChI=1S/C19H23NO2S/c1-14(2)23-18-11-7-5-9-16(18)19(21)20-12-13-22-17-10-6-4-8-15(17)3/h4-11,14H,12-13H2,1-3H3,(H,20,21). The lowest BCUT2D eigenvalue weighted by Gasteiger charge is -2.12. The van der Waals surface area contributed by atoms with E-state index in [1.807, 2.05) is 55.5 Å². The van der Waals surface area contributed by atoms with Gasteiger partial charge in [-0.05, 0) is 30.7 Å². The third-order valence-corrected chi connectivity index (χ3v) is 4.31. The van der Waals surface area contributed by atoms with E-state index in [1.165, 1.54) is 0 Å². The molecule has 23 heavy (non-hydrogen) atoms. The molecule has 0 unspecified atom stereocenters. The Morgan fingerprint density at radius 2 is 1.83 bits per heavy atom. The number of amides is 1. The highest BCUT2D eigenvalue weighted by molar-refractivity contribution is 8.00. The summed E-state index contributed by atoms with van der Waals surface area (Å²) in [5, 5.41) is 3.36. The van der Waals surface area contributed by atoms with Crippen molar-refractivity contribution in [2.24, 2.45) is 0 Å². The van der Waals surface area contributed by atoms with E-state index >= 15 is 0 Å². The first-order valence-corrected chi connectivity index (χ1v) is 8.68. The molecule has 4 heteroatoms. The third-order valence-electron chi connectivity index (χ3n) is 3.23. The number of rotatable bonds is 7. The van der Waals surface area contributed by atoms with Gasteiger partial charge in [0.2, 0.25) is 0 Å². The fourth-order valence-corrected chi connectivity index (χ4v) is 3.10. The van der Waals surface area contributed by atoms with Crippen LogP contribution in [0.3, 0.4) is 0 Å². The lowest BCUT2D eigenvalue weighted by atomic mass is 10.2. The van der Waals surface area contributed by atoms with E-state index in [4.69, 9.17) is 4.74 Å². The second-order valence-corrected chi connectivity index (χ2v) is 7.15. The van der Waals surface area contributed by atoms with Crippen LogP contribution in [0.5, 0.6) is 5.75 Å². The molecule has 0 bridgehead atoms. The van der Waals surface area contributed by atoms with E-state index in [2.05, 4.69) is 19.2 Å². The van der Waals surface area contributed by atoms with Crippen LogP contribution in [0.1, 0.15) is 29.8 Å². The predicted octanol–water partition coefficient (Wildman–Crippen LogP) is 4.30. The molecule has 0 heterocycles. The fourth-order valence-electron chi connectivity index (χ4n) is 2.15. The molecule has 122 valence electrons. The third kappa shape index (κ3) is 5.32. The Morgan fingerprint density at radius 1 is 1.13 bits per heavy atom. The second-order valence-electron chi connectivity index (χ2n) is 5.53. The minimum atomic E-state index is -0.0536. The molecule has 0 fully saturated rings. The number of hydrogen-bond donors (Lipinski definition) is 1. The molecule has 0 aromatic heterocycles. The molecule has 0 aliphatic rings. The maximum atomic E-state index is 12.3. The molecule has 2 rings (SSSR count). The highest BCUT2D eigenvalue weighted by atomic mass is 32.2. The number of aryl methyl sites for hydroxylation is 1. The van der Waals surface area contributed by atoms with Gasteiger partial charge in [-0.3, -0.25) is 4.79 Å². The molecule has 0 aliphatic heterocycles. The minimum Gasteiger partial charge on any atom is -0.491 e. The zero-order valence-electron chi connectivity index (χ0n) is 13.8. The number of hydrogen-bond acceptors (Lipinski definition) is 3. The topological polar surface area (TPSA) is 38.3 Å². The molecule has 3 nitrogen and oxygen atoms in total. The molecular weight excluding hydrogens is 306 g/mol. The van der Waals surface area contributed by atoms with Gasteiger partial charge in [-0.25, -0.2) is 0 Å². The van der Waals surface area contributed by atoms with Crippen molar-refractivity contribution in [3.8, 4) is 5.75 Å². The summed E-state index contributed by atoms with van der Waals surface area (Å²) in [5.41, 5.74) is 1.82. The number of benzene rings is 2. The summed E-state index contributed by atoms with van der Waals surface area (Å²) in [6, 6.07) is 15.6. The first-order valence-electron chi connectivity index (χ1n) is 7.80. The van der Waals surface area contributed by atoms with E-state index in [0.717, 1.165) is 21.8 Å². The molecule has 0 radical (unpaired) electrons. The van der Waals surface area contributed by atoms with Gasteiger partial charge in [0.25, 0.3) is 5.91 Å². The van der Waals surface area contributed by atoms with Crippen LogP contribution in [-0.2, 0) is 0 Å². The summed E-state index contributed by atoms with van der Waals surface area (Å²) in [6.45, 7) is 7.18. The Balaban J connectivity index is 1.87. The maximum Gasteiger partial charge on any atom is 0.252 e. The fraction of sp³-hybridized carbons (Fsp3) is 0.316. The highest BCUT2D eigenvalue weighted by Gasteiger charge is 2.12. The zero-order chi connectivity index (χ0) is 16.7. The maximum absolute atomic E-state index is 12.3. The van der Waals surface area contributed by atoms with Gasteiger partial charge in [-0.15, -0.1) is 11.8 Å². The largest absolute Gasteiger partial charge is 0.491 e. The lowest BCUT2D eigenvalue weighted by Crippen LogP contribution is -2.28. The number of ether oxygens (including phenoxy) is 1. The van der Waals surface area contributed by atoms with Crippen LogP contribution in [-0.4, -0.2) is 24.3 Å². The van der Waals surface area contributed by atoms with E-state index < -0.39 is 0 Å². The molecule has 0 saturated carbocycles. The Labute approximate surface area is 142 Å². The first-order chi connectivity index (χ1) is 11.1. The molecule has 2 aromatic carbocycles. The monoisotopic (exact) mass is 329 g/mol. The number of thioether (sulfide) groups is 1. The summed E-state index contributed by atoms with van der Waals surface area (Å²) in [7, 11) is 0. The number of nitrogens with one attached hydrogen (secondary N) is 1. The molecule has 0 atom stereocenters. The average Bonchev–Trinajstić information content (AvgIpc) is 2.53. The number of carbonyl (C=O) groups is 1. The van der Waals surface area contributed by atoms with Crippen molar-refractivity contribution in [2.75, 3.05) is 13.2 Å². The minimum absolute atomic E-state index is 0.0536. The van der Waals surface area contributed by atoms with Gasteiger partial charge in [0.1, 0.15) is 12.4 Å². The summed E-state index contributed by atoms with van der Waals surface area (Å²) < 4.78 is 5.70. The number of carbonyl (C=O) groups excluding carboxylic acids is 1. The van der Waals surface area contributed by atoms with Gasteiger partial charge in [-0.1, -0.05) is 44.2 Å². The van der Waals surface area contributed by atoms with Crippen molar-refractivity contribution in [1.82, 2.24) is 5.32 Å².